The molecule has 1 fully saturated rings. The molecule has 1 atom stereocenters. The van der Waals surface area contributed by atoms with Crippen LogP contribution in [0.3, 0.4) is 0 Å². The van der Waals surface area contributed by atoms with Crippen LogP contribution in [0.25, 0.3) is 22.0 Å². The predicted octanol–water partition coefficient (Wildman–Crippen LogP) is 4.77. The molecule has 1 unspecified atom stereocenters. The maximum atomic E-state index is 11.2. The molecule has 2 N–H and O–H groups in total. The summed E-state index contributed by atoms with van der Waals surface area (Å²) in [6, 6.07) is 11.8. The summed E-state index contributed by atoms with van der Waals surface area (Å²) in [7, 11) is 0. The molecule has 26 heavy (non-hydrogen) atoms. The van der Waals surface area contributed by atoms with Crippen LogP contribution in [0.15, 0.2) is 42.6 Å². The average molecular weight is 369 g/mol. The molecular formula is C20H17ClN2O3. The summed E-state index contributed by atoms with van der Waals surface area (Å²) in [4.78, 5) is 26.8. The van der Waals surface area contributed by atoms with Gasteiger partial charge >= 0.3 is 6.09 Å². The molecule has 132 valence electrons. The zero-order chi connectivity index (χ0) is 18.3. The first-order valence-corrected chi connectivity index (χ1v) is 8.78. The number of H-pyrrole nitrogens is 1. The molecule has 1 saturated heterocycles. The molecule has 1 amide bonds. The lowest BCUT2D eigenvalue weighted by atomic mass is 9.95. The molecule has 2 heterocycles. The third-order valence-electron chi connectivity index (χ3n) is 5.08. The minimum absolute atomic E-state index is 0.226. The summed E-state index contributed by atoms with van der Waals surface area (Å²) in [5.41, 5.74) is 4.40. The monoisotopic (exact) mass is 368 g/mol. The van der Waals surface area contributed by atoms with E-state index in [9.17, 15) is 9.59 Å². The molecule has 3 aromatic rings. The van der Waals surface area contributed by atoms with Crippen LogP contribution in [0.2, 0.25) is 5.02 Å². The number of carboxylic acid groups (broad SMARTS) is 1. The Hall–Kier alpha value is -2.79. The number of aromatic nitrogens is 1. The normalized spacial score (nSPS) is 17.0. The van der Waals surface area contributed by atoms with Gasteiger partial charge in [0.25, 0.3) is 0 Å². The second-order valence-electron chi connectivity index (χ2n) is 6.58. The van der Waals surface area contributed by atoms with Crippen LogP contribution in [0.5, 0.6) is 0 Å². The van der Waals surface area contributed by atoms with Gasteiger partial charge in [-0.15, -0.1) is 0 Å². The lowest BCUT2D eigenvalue weighted by molar-refractivity contribution is 0.112. The Morgan fingerprint density at radius 3 is 2.69 bits per heavy atom. The largest absolute Gasteiger partial charge is 0.465 e. The second kappa shape index (κ2) is 6.50. The van der Waals surface area contributed by atoms with Gasteiger partial charge in [-0.2, -0.15) is 0 Å². The summed E-state index contributed by atoms with van der Waals surface area (Å²) >= 11 is 6.43. The molecule has 0 spiro atoms. The Morgan fingerprint density at radius 2 is 2.04 bits per heavy atom. The summed E-state index contributed by atoms with van der Waals surface area (Å²) in [6.07, 6.45) is 2.48. The Morgan fingerprint density at radius 1 is 1.27 bits per heavy atom. The molecule has 0 radical (unpaired) electrons. The van der Waals surface area contributed by atoms with E-state index in [-0.39, 0.29) is 5.92 Å². The van der Waals surface area contributed by atoms with E-state index in [0.29, 0.717) is 23.7 Å². The maximum absolute atomic E-state index is 11.2. The lowest BCUT2D eigenvalue weighted by Crippen LogP contribution is -2.26. The first kappa shape index (κ1) is 16.7. The van der Waals surface area contributed by atoms with Gasteiger partial charge in [-0.05, 0) is 29.7 Å². The molecule has 0 saturated carbocycles. The number of amides is 1. The van der Waals surface area contributed by atoms with Gasteiger partial charge in [-0.25, -0.2) is 4.79 Å². The lowest BCUT2D eigenvalue weighted by Gasteiger charge is -2.13. The van der Waals surface area contributed by atoms with E-state index in [2.05, 4.69) is 4.98 Å². The van der Waals surface area contributed by atoms with E-state index in [1.807, 2.05) is 36.4 Å². The van der Waals surface area contributed by atoms with Gasteiger partial charge in [0.05, 0.1) is 5.02 Å². The van der Waals surface area contributed by atoms with E-state index in [0.717, 1.165) is 40.3 Å². The van der Waals surface area contributed by atoms with Crippen LogP contribution in [0.1, 0.15) is 28.3 Å². The Bertz CT molecular complexity index is 994. The highest BCUT2D eigenvalue weighted by Gasteiger charge is 2.26. The van der Waals surface area contributed by atoms with E-state index < -0.39 is 6.09 Å². The van der Waals surface area contributed by atoms with Gasteiger partial charge in [-0.3, -0.25) is 4.79 Å². The SMILES string of the molecule is O=Cc1c[nH]c2cc(Cl)c(-c3ccc(C4CCN(C(=O)O)C4)cc3)cc12. The molecule has 1 aromatic heterocycles. The van der Waals surface area contributed by atoms with Gasteiger partial charge < -0.3 is 15.0 Å². The highest BCUT2D eigenvalue weighted by molar-refractivity contribution is 6.34. The number of halogens is 1. The van der Waals surface area contributed by atoms with Crippen LogP contribution in [0.4, 0.5) is 4.79 Å². The number of hydrogen-bond donors (Lipinski definition) is 2. The van der Waals surface area contributed by atoms with Crippen molar-refractivity contribution in [1.82, 2.24) is 9.88 Å². The van der Waals surface area contributed by atoms with Crippen molar-refractivity contribution in [3.05, 3.63) is 58.7 Å². The maximum Gasteiger partial charge on any atom is 0.407 e. The third-order valence-corrected chi connectivity index (χ3v) is 5.39. The number of aldehydes is 1. The van der Waals surface area contributed by atoms with Crippen LogP contribution in [0, 0.1) is 0 Å². The van der Waals surface area contributed by atoms with Crippen molar-refractivity contribution < 1.29 is 14.7 Å². The summed E-state index contributed by atoms with van der Waals surface area (Å²) in [5, 5.41) is 10.6. The quantitative estimate of drug-likeness (QED) is 0.654. The summed E-state index contributed by atoms with van der Waals surface area (Å²) in [5.74, 6) is 0.226. The Balaban J connectivity index is 1.65. The van der Waals surface area contributed by atoms with E-state index in [1.54, 1.807) is 6.20 Å². The first-order valence-electron chi connectivity index (χ1n) is 8.41. The number of nitrogens with zero attached hydrogens (tertiary/aromatic N) is 1. The van der Waals surface area contributed by atoms with Crippen molar-refractivity contribution in [2.45, 2.75) is 12.3 Å². The number of likely N-dealkylation sites (tertiary alicyclic amines) is 1. The molecule has 5 nitrogen and oxygen atoms in total. The van der Waals surface area contributed by atoms with Gasteiger partial charge in [-0.1, -0.05) is 35.9 Å². The molecule has 1 aliphatic heterocycles. The van der Waals surface area contributed by atoms with Crippen LogP contribution in [-0.4, -0.2) is 40.5 Å². The number of aromatic amines is 1. The number of benzene rings is 2. The fourth-order valence-electron chi connectivity index (χ4n) is 3.62. The topological polar surface area (TPSA) is 73.4 Å². The minimum atomic E-state index is -0.860. The molecule has 4 rings (SSSR count). The Kier molecular flexibility index (Phi) is 4.17. The number of hydrogen-bond acceptors (Lipinski definition) is 2. The average Bonchev–Trinajstić information content (AvgIpc) is 3.28. The third kappa shape index (κ3) is 2.84. The van der Waals surface area contributed by atoms with Gasteiger partial charge in [0.2, 0.25) is 0 Å². The highest BCUT2D eigenvalue weighted by atomic mass is 35.5. The zero-order valence-corrected chi connectivity index (χ0v) is 14.7. The fourth-order valence-corrected chi connectivity index (χ4v) is 3.90. The Labute approximate surface area is 155 Å². The second-order valence-corrected chi connectivity index (χ2v) is 6.98. The van der Waals surface area contributed by atoms with Gasteiger partial charge in [0.1, 0.15) is 0 Å². The van der Waals surface area contributed by atoms with Crippen LogP contribution in [-0.2, 0) is 0 Å². The summed E-state index contributed by atoms with van der Waals surface area (Å²) < 4.78 is 0. The number of carbonyl (C=O) groups excluding carboxylic acids is 1. The molecule has 1 aliphatic rings. The smallest absolute Gasteiger partial charge is 0.407 e. The standard InChI is InChI=1S/C20H17ClN2O3/c21-18-8-19-17(15(11-24)9-22-19)7-16(18)13-3-1-12(2-4-13)14-5-6-23(10-14)20(25)26/h1-4,7-9,11,14,22H,5-6,10H2,(H,25,26). The number of rotatable bonds is 3. The zero-order valence-electron chi connectivity index (χ0n) is 13.9. The minimum Gasteiger partial charge on any atom is -0.465 e. The van der Waals surface area contributed by atoms with Gasteiger partial charge in [0, 0.05) is 47.2 Å². The van der Waals surface area contributed by atoms with Crippen molar-refractivity contribution in [3.8, 4) is 11.1 Å². The van der Waals surface area contributed by atoms with E-state index in [4.69, 9.17) is 16.7 Å². The number of nitrogens with one attached hydrogen (secondary N) is 1. The molecule has 0 aliphatic carbocycles. The van der Waals surface area contributed by atoms with Gasteiger partial charge in [0.15, 0.2) is 6.29 Å². The first-order chi connectivity index (χ1) is 12.6. The van der Waals surface area contributed by atoms with Crippen molar-refractivity contribution in [3.63, 3.8) is 0 Å². The highest BCUT2D eigenvalue weighted by Crippen LogP contribution is 2.34. The molecule has 0 bridgehead atoms. The fraction of sp³-hybridized carbons (Fsp3) is 0.200. The molecule has 2 aromatic carbocycles. The predicted molar refractivity (Wildman–Crippen MR) is 101 cm³/mol. The van der Waals surface area contributed by atoms with Crippen LogP contribution >= 0.6 is 11.6 Å². The number of carbonyl (C=O) groups is 2. The van der Waals surface area contributed by atoms with Crippen molar-refractivity contribution in [1.29, 1.82) is 0 Å². The number of fused-ring (bicyclic) bond motifs is 1. The van der Waals surface area contributed by atoms with Crippen LogP contribution < -0.4 is 0 Å². The summed E-state index contributed by atoms with van der Waals surface area (Å²) in [6.45, 7) is 1.11. The molecular weight excluding hydrogens is 352 g/mol. The molecule has 6 heteroatoms. The van der Waals surface area contributed by atoms with E-state index in [1.165, 1.54) is 4.90 Å². The van der Waals surface area contributed by atoms with Crippen molar-refractivity contribution in [2.75, 3.05) is 13.1 Å². The van der Waals surface area contributed by atoms with E-state index >= 15 is 0 Å². The van der Waals surface area contributed by atoms with Crippen molar-refractivity contribution >= 4 is 34.9 Å². The van der Waals surface area contributed by atoms with Crippen molar-refractivity contribution in [2.24, 2.45) is 0 Å².